The lowest BCUT2D eigenvalue weighted by Crippen LogP contribution is -2.34. The van der Waals surface area contributed by atoms with Crippen molar-refractivity contribution in [2.75, 3.05) is 13.2 Å². The molecule has 1 atom stereocenters. The number of para-hydroxylation sites is 1. The molecule has 0 fully saturated rings. The van der Waals surface area contributed by atoms with Crippen LogP contribution >= 0.6 is 11.3 Å². The van der Waals surface area contributed by atoms with Crippen LogP contribution in [-0.4, -0.2) is 24.0 Å². The fourth-order valence-corrected chi connectivity index (χ4v) is 3.19. The van der Waals surface area contributed by atoms with E-state index in [9.17, 15) is 4.79 Å². The predicted molar refractivity (Wildman–Crippen MR) is 101 cm³/mol. The van der Waals surface area contributed by atoms with Crippen molar-refractivity contribution in [3.63, 3.8) is 0 Å². The van der Waals surface area contributed by atoms with E-state index in [1.165, 1.54) is 0 Å². The van der Waals surface area contributed by atoms with Crippen molar-refractivity contribution in [3.8, 4) is 5.75 Å². The second-order valence-corrected chi connectivity index (χ2v) is 6.81. The zero-order valence-corrected chi connectivity index (χ0v) is 15.2. The standard InChI is InChI=1S/C20H25NO2S/c1-4-12-21(14-17-9-8-13-24-17)20(22)15-23-19-11-7-6-10-18(19)16(3)5-2/h4,6-11,13,16H,1,5,12,14-15H2,2-3H3. The monoisotopic (exact) mass is 343 g/mol. The quantitative estimate of drug-likeness (QED) is 0.609. The molecule has 2 rings (SSSR count). The highest BCUT2D eigenvalue weighted by atomic mass is 32.1. The highest BCUT2D eigenvalue weighted by Gasteiger charge is 2.16. The number of hydrogen-bond donors (Lipinski definition) is 0. The molecule has 1 unspecified atom stereocenters. The minimum Gasteiger partial charge on any atom is -0.483 e. The van der Waals surface area contributed by atoms with Crippen LogP contribution in [0.3, 0.4) is 0 Å². The minimum absolute atomic E-state index is 0.0257. The smallest absolute Gasteiger partial charge is 0.261 e. The first-order valence-electron chi connectivity index (χ1n) is 8.28. The van der Waals surface area contributed by atoms with Crippen molar-refractivity contribution < 1.29 is 9.53 Å². The van der Waals surface area contributed by atoms with E-state index in [-0.39, 0.29) is 12.5 Å². The summed E-state index contributed by atoms with van der Waals surface area (Å²) in [4.78, 5) is 15.5. The molecule has 0 aliphatic heterocycles. The molecule has 128 valence electrons. The molecule has 0 N–H and O–H groups in total. The fourth-order valence-electron chi connectivity index (χ4n) is 2.47. The normalized spacial score (nSPS) is 11.8. The van der Waals surface area contributed by atoms with Crippen LogP contribution in [0.1, 0.15) is 36.6 Å². The lowest BCUT2D eigenvalue weighted by molar-refractivity contribution is -0.133. The van der Waals surface area contributed by atoms with Gasteiger partial charge in [0.2, 0.25) is 0 Å². The predicted octanol–water partition coefficient (Wildman–Crippen LogP) is 4.86. The van der Waals surface area contributed by atoms with Crippen LogP contribution in [0.15, 0.2) is 54.4 Å². The number of thiophene rings is 1. The Morgan fingerprint density at radius 2 is 2.12 bits per heavy atom. The number of rotatable bonds is 9. The molecule has 4 heteroatoms. The molecule has 0 aliphatic rings. The van der Waals surface area contributed by atoms with Gasteiger partial charge >= 0.3 is 0 Å². The first kappa shape index (κ1) is 18.3. The van der Waals surface area contributed by atoms with Gasteiger partial charge in [-0.15, -0.1) is 17.9 Å². The summed E-state index contributed by atoms with van der Waals surface area (Å²) in [6.45, 7) is 9.24. The third kappa shape index (κ3) is 4.96. The summed E-state index contributed by atoms with van der Waals surface area (Å²) >= 11 is 1.65. The highest BCUT2D eigenvalue weighted by Crippen LogP contribution is 2.28. The molecule has 24 heavy (non-hydrogen) atoms. The maximum Gasteiger partial charge on any atom is 0.261 e. The SMILES string of the molecule is C=CCN(Cc1cccs1)C(=O)COc1ccccc1C(C)CC. The van der Waals surface area contributed by atoms with Gasteiger partial charge in [-0.2, -0.15) is 0 Å². The Labute approximate surface area is 148 Å². The van der Waals surface area contributed by atoms with Crippen molar-refractivity contribution in [3.05, 3.63) is 64.9 Å². The van der Waals surface area contributed by atoms with Gasteiger partial charge in [-0.1, -0.05) is 44.2 Å². The Bertz CT molecular complexity index is 651. The largest absolute Gasteiger partial charge is 0.483 e. The number of nitrogens with zero attached hydrogens (tertiary/aromatic N) is 1. The lowest BCUT2D eigenvalue weighted by Gasteiger charge is -2.21. The van der Waals surface area contributed by atoms with E-state index < -0.39 is 0 Å². The molecule has 0 spiro atoms. The summed E-state index contributed by atoms with van der Waals surface area (Å²) in [5.74, 6) is 1.18. The van der Waals surface area contributed by atoms with Crippen molar-refractivity contribution in [1.29, 1.82) is 0 Å². The van der Waals surface area contributed by atoms with E-state index in [1.54, 1.807) is 22.3 Å². The van der Waals surface area contributed by atoms with E-state index in [0.29, 0.717) is 19.0 Å². The molecule has 0 aliphatic carbocycles. The summed E-state index contributed by atoms with van der Waals surface area (Å²) < 4.78 is 5.85. The Balaban J connectivity index is 2.01. The fraction of sp³-hybridized carbons (Fsp3) is 0.350. The first-order chi connectivity index (χ1) is 11.7. The van der Waals surface area contributed by atoms with Gasteiger partial charge in [0, 0.05) is 11.4 Å². The Kier molecular flexibility index (Phi) is 7.07. The average molecular weight is 343 g/mol. The Morgan fingerprint density at radius 1 is 1.33 bits per heavy atom. The van der Waals surface area contributed by atoms with Crippen molar-refractivity contribution in [1.82, 2.24) is 4.90 Å². The van der Waals surface area contributed by atoms with E-state index in [0.717, 1.165) is 22.6 Å². The maximum atomic E-state index is 12.5. The number of hydrogen-bond acceptors (Lipinski definition) is 3. The average Bonchev–Trinajstić information content (AvgIpc) is 3.12. The molecule has 0 bridgehead atoms. The van der Waals surface area contributed by atoms with Crippen LogP contribution < -0.4 is 4.74 Å². The molecule has 1 aromatic heterocycles. The molecule has 1 heterocycles. The van der Waals surface area contributed by atoms with Gasteiger partial charge < -0.3 is 9.64 Å². The molecule has 1 amide bonds. The van der Waals surface area contributed by atoms with Crippen LogP contribution in [-0.2, 0) is 11.3 Å². The second-order valence-electron chi connectivity index (χ2n) is 5.78. The molecule has 0 saturated heterocycles. The number of ether oxygens (including phenoxy) is 1. The van der Waals surface area contributed by atoms with Crippen LogP contribution in [0.2, 0.25) is 0 Å². The lowest BCUT2D eigenvalue weighted by atomic mass is 9.98. The second kappa shape index (κ2) is 9.28. The number of benzene rings is 1. The molecular weight excluding hydrogens is 318 g/mol. The summed E-state index contributed by atoms with van der Waals surface area (Å²) in [6.07, 6.45) is 2.79. The number of amides is 1. The van der Waals surface area contributed by atoms with E-state index in [1.807, 2.05) is 35.7 Å². The van der Waals surface area contributed by atoms with Gasteiger partial charge in [0.15, 0.2) is 6.61 Å². The summed E-state index contributed by atoms with van der Waals surface area (Å²) in [5.41, 5.74) is 1.15. The van der Waals surface area contributed by atoms with Gasteiger partial charge in [-0.3, -0.25) is 4.79 Å². The van der Waals surface area contributed by atoms with Crippen LogP contribution in [0, 0.1) is 0 Å². The topological polar surface area (TPSA) is 29.5 Å². The number of carbonyl (C=O) groups excluding carboxylic acids is 1. The van der Waals surface area contributed by atoms with Gasteiger partial charge in [0.05, 0.1) is 6.54 Å². The molecule has 3 nitrogen and oxygen atoms in total. The van der Waals surface area contributed by atoms with Gasteiger partial charge in [0.1, 0.15) is 5.75 Å². The summed E-state index contributed by atoms with van der Waals surface area (Å²) in [7, 11) is 0. The maximum absolute atomic E-state index is 12.5. The third-order valence-electron chi connectivity index (χ3n) is 4.04. The van der Waals surface area contributed by atoms with E-state index in [4.69, 9.17) is 4.74 Å². The first-order valence-corrected chi connectivity index (χ1v) is 9.16. The van der Waals surface area contributed by atoms with Gasteiger partial charge in [-0.25, -0.2) is 0 Å². The zero-order chi connectivity index (χ0) is 17.4. The van der Waals surface area contributed by atoms with Crippen molar-refractivity contribution in [2.24, 2.45) is 0 Å². The molecular formula is C20H25NO2S. The Hall–Kier alpha value is -2.07. The van der Waals surface area contributed by atoms with Crippen LogP contribution in [0.25, 0.3) is 0 Å². The van der Waals surface area contributed by atoms with Crippen LogP contribution in [0.4, 0.5) is 0 Å². The minimum atomic E-state index is -0.0257. The van der Waals surface area contributed by atoms with Gasteiger partial charge in [0.25, 0.3) is 5.91 Å². The van der Waals surface area contributed by atoms with Crippen molar-refractivity contribution in [2.45, 2.75) is 32.7 Å². The zero-order valence-electron chi connectivity index (χ0n) is 14.4. The molecule has 0 saturated carbocycles. The highest BCUT2D eigenvalue weighted by molar-refractivity contribution is 7.09. The van der Waals surface area contributed by atoms with Crippen molar-refractivity contribution >= 4 is 17.2 Å². The Morgan fingerprint density at radius 3 is 2.79 bits per heavy atom. The van der Waals surface area contributed by atoms with Crippen LogP contribution in [0.5, 0.6) is 5.75 Å². The summed E-state index contributed by atoms with van der Waals surface area (Å²) in [5, 5.41) is 2.02. The van der Waals surface area contributed by atoms with Gasteiger partial charge in [-0.05, 0) is 35.4 Å². The third-order valence-corrected chi connectivity index (χ3v) is 4.90. The molecule has 2 aromatic rings. The summed E-state index contributed by atoms with van der Waals surface area (Å²) in [6, 6.07) is 12.0. The van der Waals surface area contributed by atoms with E-state index >= 15 is 0 Å². The molecule has 0 radical (unpaired) electrons. The number of carbonyl (C=O) groups is 1. The molecule has 1 aromatic carbocycles. The van der Waals surface area contributed by atoms with E-state index in [2.05, 4.69) is 26.5 Å².